The molecule has 1 N–H and O–H groups in total. The maximum absolute atomic E-state index is 13.5. The number of esters is 1. The molecule has 1 amide bonds. The first-order valence-corrected chi connectivity index (χ1v) is 12.6. The Labute approximate surface area is 204 Å². The largest absolute Gasteiger partial charge is 0.476 e. The van der Waals surface area contributed by atoms with E-state index >= 15 is 0 Å². The van der Waals surface area contributed by atoms with Crippen LogP contribution in [0.1, 0.15) is 28.4 Å². The average Bonchev–Trinajstić information content (AvgIpc) is 2.84. The number of sulfonamides is 1. The lowest BCUT2D eigenvalue weighted by Gasteiger charge is -2.34. The van der Waals surface area contributed by atoms with Gasteiger partial charge in [-0.2, -0.15) is 0 Å². The number of carbonyl (C=O) groups excluding carboxylic acids is 2. The van der Waals surface area contributed by atoms with Gasteiger partial charge in [0.05, 0.1) is 29.3 Å². The van der Waals surface area contributed by atoms with Crippen LogP contribution < -0.4 is 14.4 Å². The molecule has 1 atom stereocenters. The van der Waals surface area contributed by atoms with Gasteiger partial charge in [0.15, 0.2) is 6.10 Å². The highest BCUT2D eigenvalue weighted by molar-refractivity contribution is 7.92. The monoisotopic (exact) mass is 494 g/mol. The summed E-state index contributed by atoms with van der Waals surface area (Å²) >= 11 is 0. The number of hydrogen-bond donors (Lipinski definition) is 1. The zero-order valence-corrected chi connectivity index (χ0v) is 20.5. The number of carbonyl (C=O) groups is 2. The summed E-state index contributed by atoms with van der Waals surface area (Å²) in [7, 11) is -3.94. The summed E-state index contributed by atoms with van der Waals surface area (Å²) in [5.74, 6) is -0.655. The number of ether oxygens (including phenoxy) is 2. The standard InChI is InChI=1S/C26H26N2O6S/c1-4-33-26(30)19-11-14-21(18(3)15-19)27-25(29)24-16-28(22-7-5-6-8-23(22)34-24)35(31,32)20-12-9-17(2)10-13-20/h5-15,24H,4,16H2,1-3H3,(H,27,29)/t24-/m0/s1. The molecule has 8 nitrogen and oxygen atoms in total. The van der Waals surface area contributed by atoms with Gasteiger partial charge in [0.25, 0.3) is 15.9 Å². The van der Waals surface area contributed by atoms with E-state index in [0.717, 1.165) is 5.56 Å². The summed E-state index contributed by atoms with van der Waals surface area (Å²) in [6.45, 7) is 5.42. The van der Waals surface area contributed by atoms with Crippen LogP contribution in [-0.2, 0) is 19.6 Å². The minimum Gasteiger partial charge on any atom is -0.476 e. The molecule has 4 rings (SSSR count). The van der Waals surface area contributed by atoms with Crippen LogP contribution in [0.4, 0.5) is 11.4 Å². The number of para-hydroxylation sites is 2. The van der Waals surface area contributed by atoms with Gasteiger partial charge in [-0.3, -0.25) is 9.10 Å². The fraction of sp³-hybridized carbons (Fsp3) is 0.231. The Morgan fingerprint density at radius 1 is 1.06 bits per heavy atom. The van der Waals surface area contributed by atoms with E-state index in [4.69, 9.17) is 9.47 Å². The van der Waals surface area contributed by atoms with Crippen LogP contribution in [0.2, 0.25) is 0 Å². The Hall–Kier alpha value is -3.85. The highest BCUT2D eigenvalue weighted by atomic mass is 32.2. The number of nitrogens with zero attached hydrogens (tertiary/aromatic N) is 1. The second-order valence-corrected chi connectivity index (χ2v) is 10.0. The fourth-order valence-electron chi connectivity index (χ4n) is 3.76. The van der Waals surface area contributed by atoms with Gasteiger partial charge in [-0.05, 0) is 68.8 Å². The quantitative estimate of drug-likeness (QED) is 0.518. The molecule has 35 heavy (non-hydrogen) atoms. The van der Waals surface area contributed by atoms with Crippen LogP contribution in [0, 0.1) is 13.8 Å². The van der Waals surface area contributed by atoms with Crippen LogP contribution in [0.3, 0.4) is 0 Å². The molecule has 0 saturated heterocycles. The minimum absolute atomic E-state index is 0.129. The number of nitrogens with one attached hydrogen (secondary N) is 1. The summed E-state index contributed by atoms with van der Waals surface area (Å²) in [5, 5.41) is 2.79. The molecule has 1 aliphatic rings. The second-order valence-electron chi connectivity index (χ2n) is 8.16. The lowest BCUT2D eigenvalue weighted by molar-refractivity contribution is -0.122. The van der Waals surface area contributed by atoms with E-state index in [2.05, 4.69) is 5.32 Å². The SMILES string of the molecule is CCOC(=O)c1ccc(NC(=O)[C@@H]2CN(S(=O)(=O)c3ccc(C)cc3)c3ccccc3O2)c(C)c1. The Morgan fingerprint density at radius 2 is 1.77 bits per heavy atom. The first kappa shape index (κ1) is 24.3. The van der Waals surface area contributed by atoms with Gasteiger partial charge < -0.3 is 14.8 Å². The van der Waals surface area contributed by atoms with Crippen molar-refractivity contribution in [1.29, 1.82) is 0 Å². The van der Waals surface area contributed by atoms with E-state index < -0.39 is 28.0 Å². The van der Waals surface area contributed by atoms with Crippen molar-refractivity contribution in [1.82, 2.24) is 0 Å². The van der Waals surface area contributed by atoms with Crippen molar-refractivity contribution in [2.45, 2.75) is 31.8 Å². The van der Waals surface area contributed by atoms with E-state index in [0.29, 0.717) is 28.3 Å². The van der Waals surface area contributed by atoms with Crippen molar-refractivity contribution in [3.05, 3.63) is 83.4 Å². The van der Waals surface area contributed by atoms with E-state index in [9.17, 15) is 18.0 Å². The number of aryl methyl sites for hydroxylation is 2. The third-order valence-corrected chi connectivity index (χ3v) is 7.43. The van der Waals surface area contributed by atoms with Gasteiger partial charge in [0.2, 0.25) is 0 Å². The summed E-state index contributed by atoms with van der Waals surface area (Å²) in [5.41, 5.74) is 2.82. The smallest absolute Gasteiger partial charge is 0.338 e. The Balaban J connectivity index is 1.60. The summed E-state index contributed by atoms with van der Waals surface area (Å²) < 4.78 is 39.1. The zero-order valence-electron chi connectivity index (χ0n) is 19.6. The summed E-state index contributed by atoms with van der Waals surface area (Å²) in [6.07, 6.45) is -1.09. The number of benzene rings is 3. The van der Waals surface area contributed by atoms with Crippen molar-refractivity contribution in [3.8, 4) is 5.75 Å². The van der Waals surface area contributed by atoms with Crippen LogP contribution >= 0.6 is 0 Å². The molecule has 3 aromatic carbocycles. The van der Waals surface area contributed by atoms with Gasteiger partial charge in [-0.25, -0.2) is 13.2 Å². The highest BCUT2D eigenvalue weighted by Gasteiger charge is 2.37. The van der Waals surface area contributed by atoms with Crippen LogP contribution in [0.25, 0.3) is 0 Å². The predicted molar refractivity (Wildman–Crippen MR) is 132 cm³/mol. The topological polar surface area (TPSA) is 102 Å². The van der Waals surface area contributed by atoms with Crippen molar-refractivity contribution in [3.63, 3.8) is 0 Å². The van der Waals surface area contributed by atoms with E-state index in [1.807, 2.05) is 6.92 Å². The third-order valence-electron chi connectivity index (χ3n) is 5.63. The second kappa shape index (κ2) is 9.79. The van der Waals surface area contributed by atoms with Crippen molar-refractivity contribution in [2.24, 2.45) is 0 Å². The maximum Gasteiger partial charge on any atom is 0.338 e. The Kier molecular flexibility index (Phi) is 6.79. The zero-order chi connectivity index (χ0) is 25.2. The summed E-state index contributed by atoms with van der Waals surface area (Å²) in [6, 6.07) is 18.1. The fourth-order valence-corrected chi connectivity index (χ4v) is 5.24. The predicted octanol–water partition coefficient (Wildman–Crippen LogP) is 4.08. The van der Waals surface area contributed by atoms with Gasteiger partial charge in [-0.1, -0.05) is 29.8 Å². The first-order chi connectivity index (χ1) is 16.7. The normalized spacial score (nSPS) is 15.1. The molecule has 0 spiro atoms. The lowest BCUT2D eigenvalue weighted by Crippen LogP contribution is -2.48. The molecule has 0 bridgehead atoms. The van der Waals surface area contributed by atoms with Gasteiger partial charge in [-0.15, -0.1) is 0 Å². The molecule has 0 fully saturated rings. The highest BCUT2D eigenvalue weighted by Crippen LogP contribution is 2.37. The van der Waals surface area contributed by atoms with E-state index in [-0.39, 0.29) is 18.0 Å². The van der Waals surface area contributed by atoms with Crippen molar-refractivity contribution in [2.75, 3.05) is 22.8 Å². The first-order valence-electron chi connectivity index (χ1n) is 11.1. The molecule has 0 aliphatic carbocycles. The number of anilines is 2. The molecule has 3 aromatic rings. The van der Waals surface area contributed by atoms with E-state index in [1.54, 1.807) is 80.6 Å². The number of rotatable bonds is 6. The number of amides is 1. The van der Waals surface area contributed by atoms with Crippen molar-refractivity contribution < 1.29 is 27.5 Å². The molecular formula is C26H26N2O6S. The van der Waals surface area contributed by atoms with Crippen LogP contribution in [-0.4, -0.2) is 39.5 Å². The summed E-state index contributed by atoms with van der Waals surface area (Å²) in [4.78, 5) is 25.3. The van der Waals surface area contributed by atoms with Gasteiger partial charge in [0, 0.05) is 5.69 Å². The average molecular weight is 495 g/mol. The Bertz CT molecular complexity index is 1370. The maximum atomic E-state index is 13.5. The number of fused-ring (bicyclic) bond motifs is 1. The molecule has 9 heteroatoms. The number of hydrogen-bond acceptors (Lipinski definition) is 6. The van der Waals surface area contributed by atoms with Gasteiger partial charge >= 0.3 is 5.97 Å². The van der Waals surface area contributed by atoms with Gasteiger partial charge in [0.1, 0.15) is 5.75 Å². The molecule has 1 heterocycles. The Morgan fingerprint density at radius 3 is 2.46 bits per heavy atom. The van der Waals surface area contributed by atoms with Crippen molar-refractivity contribution >= 4 is 33.3 Å². The van der Waals surface area contributed by atoms with E-state index in [1.165, 1.54) is 4.31 Å². The molecule has 0 unspecified atom stereocenters. The third kappa shape index (κ3) is 5.00. The molecule has 0 radical (unpaired) electrons. The molecular weight excluding hydrogens is 468 g/mol. The minimum atomic E-state index is -3.94. The molecule has 182 valence electrons. The molecule has 0 aromatic heterocycles. The van der Waals surface area contributed by atoms with Crippen LogP contribution in [0.5, 0.6) is 5.75 Å². The van der Waals surface area contributed by atoms with Crippen LogP contribution in [0.15, 0.2) is 71.6 Å². The molecule has 0 saturated carbocycles. The molecule has 1 aliphatic heterocycles. The lowest BCUT2D eigenvalue weighted by atomic mass is 10.1.